The average Bonchev–Trinajstić information content (AvgIpc) is 2.69. The molecule has 0 aliphatic rings. The minimum atomic E-state index is -0.786. The Morgan fingerprint density at radius 1 is 1.45 bits per heavy atom. The summed E-state index contributed by atoms with van der Waals surface area (Å²) in [6.45, 7) is 0.985. The predicted octanol–water partition coefficient (Wildman–Crippen LogP) is 2.14. The normalized spacial score (nSPS) is 10.5. The molecule has 0 bridgehead atoms. The molecule has 0 radical (unpaired) electrons. The van der Waals surface area contributed by atoms with Crippen LogP contribution >= 0.6 is 11.6 Å². The summed E-state index contributed by atoms with van der Waals surface area (Å²) in [6.07, 6.45) is 0. The Kier molecular flexibility index (Phi) is 4.46. The van der Waals surface area contributed by atoms with E-state index in [2.05, 4.69) is 5.10 Å². The second-order valence-electron chi connectivity index (χ2n) is 4.59. The third-order valence-electron chi connectivity index (χ3n) is 3.04. The number of carbonyl (C=O) groups excluding carboxylic acids is 2. The standard InChI is InChI=1S/C14H13ClFN3O3/c1-7-12(13(17)19(2)18-7)14(21)22-6-11(20)9-4-3-8(15)5-10(9)16/h3-5H,6,17H2,1-2H3. The van der Waals surface area contributed by atoms with E-state index < -0.39 is 24.2 Å². The molecule has 0 aliphatic heterocycles. The van der Waals surface area contributed by atoms with E-state index in [1.165, 1.54) is 16.8 Å². The number of carbonyl (C=O) groups is 2. The zero-order chi connectivity index (χ0) is 16.4. The Hall–Kier alpha value is -2.41. The number of aromatic nitrogens is 2. The highest BCUT2D eigenvalue weighted by atomic mass is 35.5. The van der Waals surface area contributed by atoms with Crippen molar-refractivity contribution in [3.05, 3.63) is 45.9 Å². The van der Waals surface area contributed by atoms with Gasteiger partial charge in [-0.1, -0.05) is 11.6 Å². The molecule has 0 spiro atoms. The molecule has 0 saturated carbocycles. The summed E-state index contributed by atoms with van der Waals surface area (Å²) < 4.78 is 19.8. The number of hydrogen-bond donors (Lipinski definition) is 1. The average molecular weight is 326 g/mol. The zero-order valence-electron chi connectivity index (χ0n) is 11.9. The van der Waals surface area contributed by atoms with Crippen LogP contribution in [0.15, 0.2) is 18.2 Å². The number of rotatable bonds is 4. The lowest BCUT2D eigenvalue weighted by molar-refractivity contribution is 0.0474. The molecule has 0 saturated heterocycles. The minimum absolute atomic E-state index is 0.0897. The Morgan fingerprint density at radius 3 is 2.68 bits per heavy atom. The van der Waals surface area contributed by atoms with Gasteiger partial charge in [-0.05, 0) is 25.1 Å². The number of aryl methyl sites for hydroxylation is 2. The highest BCUT2D eigenvalue weighted by molar-refractivity contribution is 6.30. The van der Waals surface area contributed by atoms with E-state index >= 15 is 0 Å². The molecule has 0 unspecified atom stereocenters. The van der Waals surface area contributed by atoms with Crippen molar-refractivity contribution in [3.63, 3.8) is 0 Å². The number of nitrogens with two attached hydrogens (primary N) is 1. The van der Waals surface area contributed by atoms with Crippen molar-refractivity contribution in [2.24, 2.45) is 7.05 Å². The summed E-state index contributed by atoms with van der Waals surface area (Å²) in [6, 6.07) is 3.63. The third kappa shape index (κ3) is 3.09. The van der Waals surface area contributed by atoms with E-state index in [0.717, 1.165) is 6.07 Å². The second kappa shape index (κ2) is 6.15. The van der Waals surface area contributed by atoms with Gasteiger partial charge in [-0.25, -0.2) is 9.18 Å². The first-order valence-electron chi connectivity index (χ1n) is 6.25. The van der Waals surface area contributed by atoms with Gasteiger partial charge in [-0.15, -0.1) is 0 Å². The molecule has 22 heavy (non-hydrogen) atoms. The van der Waals surface area contributed by atoms with Gasteiger partial charge >= 0.3 is 5.97 Å². The molecule has 8 heteroatoms. The van der Waals surface area contributed by atoms with Crippen molar-refractivity contribution in [3.8, 4) is 0 Å². The molecule has 0 aliphatic carbocycles. The monoisotopic (exact) mass is 325 g/mol. The summed E-state index contributed by atoms with van der Waals surface area (Å²) in [5, 5.41) is 4.14. The Bertz CT molecular complexity index is 758. The van der Waals surface area contributed by atoms with Crippen molar-refractivity contribution < 1.29 is 18.7 Å². The van der Waals surface area contributed by atoms with Crippen LogP contribution in [0.25, 0.3) is 0 Å². The minimum Gasteiger partial charge on any atom is -0.454 e. The van der Waals surface area contributed by atoms with E-state index in [4.69, 9.17) is 22.1 Å². The Labute approximate surface area is 130 Å². The molecule has 1 aromatic carbocycles. The number of anilines is 1. The lowest BCUT2D eigenvalue weighted by atomic mass is 10.1. The first-order chi connectivity index (χ1) is 10.3. The third-order valence-corrected chi connectivity index (χ3v) is 3.27. The largest absolute Gasteiger partial charge is 0.454 e. The van der Waals surface area contributed by atoms with Gasteiger partial charge < -0.3 is 10.5 Å². The summed E-state index contributed by atoms with van der Waals surface area (Å²) in [5.74, 6) is -2.10. The highest BCUT2D eigenvalue weighted by Gasteiger charge is 2.21. The van der Waals surface area contributed by atoms with E-state index in [0.29, 0.717) is 5.69 Å². The van der Waals surface area contributed by atoms with Crippen molar-refractivity contribution in [1.29, 1.82) is 0 Å². The number of esters is 1. The predicted molar refractivity (Wildman–Crippen MR) is 78.4 cm³/mol. The van der Waals surface area contributed by atoms with Crippen molar-refractivity contribution >= 4 is 29.2 Å². The number of nitrogen functional groups attached to an aromatic ring is 1. The summed E-state index contributed by atoms with van der Waals surface area (Å²) in [7, 11) is 1.58. The molecule has 1 heterocycles. The van der Waals surface area contributed by atoms with Gasteiger partial charge in [0.15, 0.2) is 6.61 Å². The molecule has 1 aromatic heterocycles. The molecular weight excluding hydrogens is 313 g/mol. The first-order valence-corrected chi connectivity index (χ1v) is 6.63. The Balaban J connectivity index is 2.09. The lowest BCUT2D eigenvalue weighted by Crippen LogP contribution is -2.16. The van der Waals surface area contributed by atoms with Crippen molar-refractivity contribution in [2.75, 3.05) is 12.3 Å². The number of halogens is 2. The molecule has 2 aromatic rings. The highest BCUT2D eigenvalue weighted by Crippen LogP contribution is 2.18. The van der Waals surface area contributed by atoms with Gasteiger partial charge in [0, 0.05) is 12.1 Å². The van der Waals surface area contributed by atoms with Crippen LogP contribution < -0.4 is 5.73 Å². The van der Waals surface area contributed by atoms with E-state index in [-0.39, 0.29) is 22.0 Å². The Morgan fingerprint density at radius 2 is 2.14 bits per heavy atom. The fourth-order valence-corrected chi connectivity index (χ4v) is 2.08. The molecule has 0 fully saturated rings. The number of nitrogens with zero attached hydrogens (tertiary/aromatic N) is 2. The van der Waals surface area contributed by atoms with Crippen LogP contribution in [0.3, 0.4) is 0 Å². The van der Waals surface area contributed by atoms with Gasteiger partial charge in [-0.2, -0.15) is 5.10 Å². The molecule has 116 valence electrons. The van der Waals surface area contributed by atoms with Gasteiger partial charge in [0.25, 0.3) is 0 Å². The lowest BCUT2D eigenvalue weighted by Gasteiger charge is -2.06. The van der Waals surface area contributed by atoms with Gasteiger partial charge in [0.05, 0.1) is 11.3 Å². The van der Waals surface area contributed by atoms with Crippen LogP contribution in [0.4, 0.5) is 10.2 Å². The van der Waals surface area contributed by atoms with Crippen LogP contribution in [0.2, 0.25) is 5.02 Å². The first kappa shape index (κ1) is 16.0. The number of Topliss-reactive ketones (excluding diaryl/α,β-unsaturated/α-hetero) is 1. The van der Waals surface area contributed by atoms with Crippen molar-refractivity contribution in [2.45, 2.75) is 6.92 Å². The van der Waals surface area contributed by atoms with E-state index in [9.17, 15) is 14.0 Å². The summed E-state index contributed by atoms with van der Waals surface area (Å²) in [5.41, 5.74) is 5.98. The molecule has 6 nitrogen and oxygen atoms in total. The maximum Gasteiger partial charge on any atom is 0.344 e. The number of ether oxygens (including phenoxy) is 1. The van der Waals surface area contributed by atoms with Crippen LogP contribution in [0.5, 0.6) is 0 Å². The SMILES string of the molecule is Cc1nn(C)c(N)c1C(=O)OCC(=O)c1ccc(Cl)cc1F. The fourth-order valence-electron chi connectivity index (χ4n) is 1.92. The van der Waals surface area contributed by atoms with Crippen LogP contribution in [-0.2, 0) is 11.8 Å². The zero-order valence-corrected chi connectivity index (χ0v) is 12.6. The van der Waals surface area contributed by atoms with E-state index in [1.807, 2.05) is 0 Å². The topological polar surface area (TPSA) is 87.2 Å². The van der Waals surface area contributed by atoms with Gasteiger partial charge in [0.2, 0.25) is 5.78 Å². The number of hydrogen-bond acceptors (Lipinski definition) is 5. The van der Waals surface area contributed by atoms with E-state index in [1.54, 1.807) is 14.0 Å². The maximum absolute atomic E-state index is 13.6. The smallest absolute Gasteiger partial charge is 0.344 e. The fraction of sp³-hybridized carbons (Fsp3) is 0.214. The maximum atomic E-state index is 13.6. The van der Waals surface area contributed by atoms with Crippen LogP contribution in [0.1, 0.15) is 26.4 Å². The number of ketones is 1. The molecule has 2 rings (SSSR count). The molecule has 0 atom stereocenters. The number of benzene rings is 1. The van der Waals surface area contributed by atoms with Gasteiger partial charge in [0.1, 0.15) is 17.2 Å². The van der Waals surface area contributed by atoms with Crippen molar-refractivity contribution in [1.82, 2.24) is 9.78 Å². The van der Waals surface area contributed by atoms with Crippen LogP contribution in [-0.4, -0.2) is 28.1 Å². The van der Waals surface area contributed by atoms with Crippen LogP contribution in [0, 0.1) is 12.7 Å². The molecule has 0 amide bonds. The molecular formula is C14H13ClFN3O3. The molecule has 2 N–H and O–H groups in total. The quantitative estimate of drug-likeness (QED) is 0.687. The summed E-state index contributed by atoms with van der Waals surface area (Å²) in [4.78, 5) is 23.8. The second-order valence-corrected chi connectivity index (χ2v) is 5.03. The van der Waals surface area contributed by atoms with Gasteiger partial charge in [-0.3, -0.25) is 9.48 Å². The summed E-state index contributed by atoms with van der Waals surface area (Å²) >= 11 is 5.61.